The first-order chi connectivity index (χ1) is 8.35. The largest absolute Gasteiger partial charge is 0.384 e. The normalized spacial score (nSPS) is 14.1. The topological polar surface area (TPSA) is 45.9 Å². The fourth-order valence-corrected chi connectivity index (χ4v) is 2.90. The summed E-state index contributed by atoms with van der Waals surface area (Å²) < 4.78 is 5.02. The molecule has 1 aromatic rings. The minimum absolute atomic E-state index is 0.689. The van der Waals surface area contributed by atoms with E-state index >= 15 is 0 Å². The van der Waals surface area contributed by atoms with Crippen LogP contribution in [0.1, 0.15) is 29.7 Å². The van der Waals surface area contributed by atoms with Gasteiger partial charge in [-0.15, -0.1) is 11.8 Å². The lowest BCUT2D eigenvalue weighted by Crippen LogP contribution is -2.07. The van der Waals surface area contributed by atoms with E-state index in [9.17, 15) is 0 Å². The molecule has 0 unspecified atom stereocenters. The third-order valence-corrected chi connectivity index (χ3v) is 3.87. The van der Waals surface area contributed by atoms with Gasteiger partial charge in [-0.2, -0.15) is 5.26 Å². The number of hydrogen-bond donors (Lipinski definition) is 0. The van der Waals surface area contributed by atoms with Crippen LogP contribution in [0.25, 0.3) is 0 Å². The average molecular weight is 248 g/mol. The van der Waals surface area contributed by atoms with Crippen molar-refractivity contribution in [1.82, 2.24) is 4.98 Å². The summed E-state index contributed by atoms with van der Waals surface area (Å²) in [5, 5.41) is 10.0. The Morgan fingerprint density at radius 1 is 1.47 bits per heavy atom. The Labute approximate surface area is 106 Å². The van der Waals surface area contributed by atoms with E-state index < -0.39 is 0 Å². The molecule has 3 nitrogen and oxygen atoms in total. The number of aryl methyl sites for hydroxylation is 2. The summed E-state index contributed by atoms with van der Waals surface area (Å²) in [4.78, 5) is 4.64. The van der Waals surface area contributed by atoms with E-state index in [1.807, 2.05) is 6.07 Å². The van der Waals surface area contributed by atoms with E-state index in [4.69, 9.17) is 10.00 Å². The van der Waals surface area contributed by atoms with E-state index in [2.05, 4.69) is 11.1 Å². The highest BCUT2D eigenvalue weighted by Crippen LogP contribution is 2.27. The Morgan fingerprint density at radius 2 is 2.29 bits per heavy atom. The lowest BCUT2D eigenvalue weighted by atomic mass is 9.95. The van der Waals surface area contributed by atoms with Crippen molar-refractivity contribution in [2.75, 3.05) is 19.5 Å². The minimum atomic E-state index is 0.689. The molecule has 0 aliphatic heterocycles. The number of rotatable bonds is 4. The monoisotopic (exact) mass is 248 g/mol. The lowest BCUT2D eigenvalue weighted by Gasteiger charge is -2.16. The maximum atomic E-state index is 9.14. The number of hydrogen-bond acceptors (Lipinski definition) is 4. The van der Waals surface area contributed by atoms with Crippen LogP contribution in [0.5, 0.6) is 0 Å². The molecule has 90 valence electrons. The molecular formula is C13H16N2OS. The van der Waals surface area contributed by atoms with Crippen LogP contribution in [0.4, 0.5) is 0 Å². The van der Waals surface area contributed by atoms with Gasteiger partial charge in [0, 0.05) is 18.6 Å². The van der Waals surface area contributed by atoms with Crippen molar-refractivity contribution in [2.24, 2.45) is 0 Å². The zero-order valence-electron chi connectivity index (χ0n) is 10.0. The number of nitriles is 1. The van der Waals surface area contributed by atoms with Gasteiger partial charge in [0.1, 0.15) is 11.1 Å². The Kier molecular flexibility index (Phi) is 4.41. The number of fused-ring (bicyclic) bond motifs is 1. The second-order valence-electron chi connectivity index (χ2n) is 4.11. The SMILES string of the molecule is COCCSc1nc2c(cc1C#N)CCCC2. The molecule has 0 spiro atoms. The summed E-state index contributed by atoms with van der Waals surface area (Å²) >= 11 is 1.61. The summed E-state index contributed by atoms with van der Waals surface area (Å²) in [7, 11) is 1.69. The molecule has 1 aliphatic carbocycles. The van der Waals surface area contributed by atoms with Crippen molar-refractivity contribution in [2.45, 2.75) is 30.7 Å². The fraction of sp³-hybridized carbons (Fsp3) is 0.538. The van der Waals surface area contributed by atoms with Gasteiger partial charge in [-0.3, -0.25) is 0 Å². The summed E-state index contributed by atoms with van der Waals surface area (Å²) in [6, 6.07) is 4.27. The third-order valence-electron chi connectivity index (χ3n) is 2.91. The molecule has 1 aromatic heterocycles. The van der Waals surface area contributed by atoms with E-state index in [1.54, 1.807) is 18.9 Å². The second kappa shape index (κ2) is 6.04. The first-order valence-corrected chi connectivity index (χ1v) is 6.88. The van der Waals surface area contributed by atoms with Crippen molar-refractivity contribution < 1.29 is 4.74 Å². The molecule has 0 saturated heterocycles. The van der Waals surface area contributed by atoms with Crippen LogP contribution in [0, 0.1) is 11.3 Å². The zero-order valence-corrected chi connectivity index (χ0v) is 10.8. The maximum absolute atomic E-state index is 9.14. The predicted molar refractivity (Wildman–Crippen MR) is 68.2 cm³/mol. The molecule has 0 N–H and O–H groups in total. The summed E-state index contributed by atoms with van der Waals surface area (Å²) in [6.07, 6.45) is 4.56. The molecule has 17 heavy (non-hydrogen) atoms. The van der Waals surface area contributed by atoms with Crippen LogP contribution in [0.15, 0.2) is 11.1 Å². The summed E-state index contributed by atoms with van der Waals surface area (Å²) in [6.45, 7) is 0.689. The number of aromatic nitrogens is 1. The second-order valence-corrected chi connectivity index (χ2v) is 5.19. The molecule has 2 rings (SSSR count). The van der Waals surface area contributed by atoms with Crippen molar-refractivity contribution in [3.63, 3.8) is 0 Å². The van der Waals surface area contributed by atoms with Crippen molar-refractivity contribution in [1.29, 1.82) is 5.26 Å². The lowest BCUT2D eigenvalue weighted by molar-refractivity contribution is 0.218. The fourth-order valence-electron chi connectivity index (χ4n) is 2.03. The van der Waals surface area contributed by atoms with E-state index in [-0.39, 0.29) is 0 Å². The standard InChI is InChI=1S/C13H16N2OS/c1-16-6-7-17-13-11(9-14)8-10-4-2-3-5-12(10)15-13/h8H,2-7H2,1H3. The number of methoxy groups -OCH3 is 1. The van der Waals surface area contributed by atoms with Gasteiger partial charge in [0.2, 0.25) is 0 Å². The average Bonchev–Trinajstić information content (AvgIpc) is 2.38. The zero-order chi connectivity index (χ0) is 12.1. The molecule has 1 heterocycles. The molecule has 0 bridgehead atoms. The summed E-state index contributed by atoms with van der Waals surface area (Å²) in [5.41, 5.74) is 3.17. The Bertz CT molecular complexity index is 440. The van der Waals surface area contributed by atoms with Crippen molar-refractivity contribution in [3.8, 4) is 6.07 Å². The van der Waals surface area contributed by atoms with Gasteiger partial charge >= 0.3 is 0 Å². The van der Waals surface area contributed by atoms with Crippen LogP contribution in [-0.4, -0.2) is 24.5 Å². The number of pyridine rings is 1. The third kappa shape index (κ3) is 2.99. The first kappa shape index (κ1) is 12.4. The van der Waals surface area contributed by atoms with Gasteiger partial charge in [-0.25, -0.2) is 4.98 Å². The van der Waals surface area contributed by atoms with Gasteiger partial charge in [0.15, 0.2) is 0 Å². The molecule has 0 saturated carbocycles. The highest BCUT2D eigenvalue weighted by atomic mass is 32.2. The highest BCUT2D eigenvalue weighted by Gasteiger charge is 2.15. The Hall–Kier alpha value is -1.05. The van der Waals surface area contributed by atoms with Crippen LogP contribution >= 0.6 is 11.8 Å². The molecule has 0 atom stereocenters. The van der Waals surface area contributed by atoms with E-state index in [0.717, 1.165) is 23.6 Å². The Morgan fingerprint density at radius 3 is 3.06 bits per heavy atom. The van der Waals surface area contributed by atoms with Crippen molar-refractivity contribution >= 4 is 11.8 Å². The van der Waals surface area contributed by atoms with Gasteiger partial charge in [0.25, 0.3) is 0 Å². The van der Waals surface area contributed by atoms with Gasteiger partial charge in [0.05, 0.1) is 12.2 Å². The molecular weight excluding hydrogens is 232 g/mol. The maximum Gasteiger partial charge on any atom is 0.114 e. The first-order valence-electron chi connectivity index (χ1n) is 5.90. The molecule has 1 aliphatic rings. The smallest absolute Gasteiger partial charge is 0.114 e. The van der Waals surface area contributed by atoms with Gasteiger partial charge < -0.3 is 4.74 Å². The molecule has 0 aromatic carbocycles. The number of ether oxygens (including phenoxy) is 1. The highest BCUT2D eigenvalue weighted by molar-refractivity contribution is 7.99. The van der Waals surface area contributed by atoms with E-state index in [1.165, 1.54) is 24.1 Å². The van der Waals surface area contributed by atoms with Crippen LogP contribution < -0.4 is 0 Å². The van der Waals surface area contributed by atoms with E-state index in [0.29, 0.717) is 12.2 Å². The Balaban J connectivity index is 2.21. The molecule has 0 radical (unpaired) electrons. The molecule has 4 heteroatoms. The number of nitrogens with zero attached hydrogens (tertiary/aromatic N) is 2. The van der Waals surface area contributed by atoms with Crippen LogP contribution in [0.3, 0.4) is 0 Å². The van der Waals surface area contributed by atoms with Crippen LogP contribution in [-0.2, 0) is 17.6 Å². The molecule has 0 fully saturated rings. The quantitative estimate of drug-likeness (QED) is 0.607. The van der Waals surface area contributed by atoms with Gasteiger partial charge in [-0.05, 0) is 37.3 Å². The number of thioether (sulfide) groups is 1. The minimum Gasteiger partial charge on any atom is -0.384 e. The van der Waals surface area contributed by atoms with Crippen molar-refractivity contribution in [3.05, 3.63) is 22.9 Å². The van der Waals surface area contributed by atoms with Gasteiger partial charge in [-0.1, -0.05) is 0 Å². The van der Waals surface area contributed by atoms with Crippen LogP contribution in [0.2, 0.25) is 0 Å². The predicted octanol–water partition coefficient (Wildman–Crippen LogP) is 2.57. The summed E-state index contributed by atoms with van der Waals surface area (Å²) in [5.74, 6) is 0.844. The molecule has 0 amide bonds.